The summed E-state index contributed by atoms with van der Waals surface area (Å²) in [6, 6.07) is 0.0468. The third-order valence-electron chi connectivity index (χ3n) is 3.84. The Balaban J connectivity index is 2.45. The first-order chi connectivity index (χ1) is 8.99. The quantitative estimate of drug-likeness (QED) is 0.774. The van der Waals surface area contributed by atoms with E-state index in [1.807, 2.05) is 13.8 Å². The van der Waals surface area contributed by atoms with Gasteiger partial charge in [-0.25, -0.2) is 0 Å². The van der Waals surface area contributed by atoms with Crippen molar-refractivity contribution < 1.29 is 9.59 Å². The molecular formula is C14H27N3O2. The van der Waals surface area contributed by atoms with Crippen molar-refractivity contribution in [3.63, 3.8) is 0 Å². The molecule has 19 heavy (non-hydrogen) atoms. The summed E-state index contributed by atoms with van der Waals surface area (Å²) in [6.45, 7) is 9.85. The molecule has 0 spiro atoms. The summed E-state index contributed by atoms with van der Waals surface area (Å²) in [5.41, 5.74) is 0. The van der Waals surface area contributed by atoms with Gasteiger partial charge >= 0.3 is 0 Å². The van der Waals surface area contributed by atoms with Gasteiger partial charge in [0.25, 0.3) is 0 Å². The summed E-state index contributed by atoms with van der Waals surface area (Å²) >= 11 is 0. The highest BCUT2D eigenvalue weighted by atomic mass is 16.2. The monoisotopic (exact) mass is 269 g/mol. The lowest BCUT2D eigenvalue weighted by atomic mass is 9.94. The van der Waals surface area contributed by atoms with E-state index in [1.165, 1.54) is 0 Å². The van der Waals surface area contributed by atoms with Crippen LogP contribution >= 0.6 is 0 Å². The molecule has 2 N–H and O–H groups in total. The van der Waals surface area contributed by atoms with Gasteiger partial charge in [-0.1, -0.05) is 0 Å². The fourth-order valence-corrected chi connectivity index (χ4v) is 2.42. The van der Waals surface area contributed by atoms with E-state index in [4.69, 9.17) is 0 Å². The van der Waals surface area contributed by atoms with Gasteiger partial charge in [-0.2, -0.15) is 0 Å². The number of piperidine rings is 1. The van der Waals surface area contributed by atoms with E-state index in [1.54, 1.807) is 11.8 Å². The van der Waals surface area contributed by atoms with Crippen molar-refractivity contribution in [3.05, 3.63) is 0 Å². The van der Waals surface area contributed by atoms with E-state index >= 15 is 0 Å². The lowest BCUT2D eigenvalue weighted by Gasteiger charge is -2.29. The number of carbonyl (C=O) groups excluding carboxylic acids is 2. The summed E-state index contributed by atoms with van der Waals surface area (Å²) in [5.74, 6) is -0.0222. The van der Waals surface area contributed by atoms with Crippen LogP contribution in [0.2, 0.25) is 0 Å². The van der Waals surface area contributed by atoms with Crippen LogP contribution in [0.4, 0.5) is 0 Å². The molecule has 5 nitrogen and oxygen atoms in total. The van der Waals surface area contributed by atoms with Crippen LogP contribution < -0.4 is 10.6 Å². The van der Waals surface area contributed by atoms with Crippen LogP contribution in [0, 0.1) is 5.92 Å². The standard InChI is InChI=1S/C14H27N3O2/c1-5-17(6-2)14(19)11(4)16-13(18)12-8-7-10(3)15-9-12/h10-12,15H,5-9H2,1-4H3,(H,16,18). The Hall–Kier alpha value is -1.10. The molecule has 0 aromatic rings. The molecular weight excluding hydrogens is 242 g/mol. The molecule has 1 aliphatic rings. The van der Waals surface area contributed by atoms with Crippen molar-refractivity contribution in [2.75, 3.05) is 19.6 Å². The molecule has 1 heterocycles. The molecule has 0 radical (unpaired) electrons. The molecule has 0 saturated carbocycles. The Morgan fingerprint density at radius 3 is 2.42 bits per heavy atom. The highest BCUT2D eigenvalue weighted by Crippen LogP contribution is 2.14. The van der Waals surface area contributed by atoms with E-state index in [0.717, 1.165) is 12.8 Å². The first-order valence-corrected chi connectivity index (χ1v) is 7.32. The predicted octanol–water partition coefficient (Wildman–Crippen LogP) is 0.748. The van der Waals surface area contributed by atoms with Crippen LogP contribution in [0.15, 0.2) is 0 Å². The number of hydrogen-bond donors (Lipinski definition) is 2. The predicted molar refractivity (Wildman–Crippen MR) is 75.7 cm³/mol. The number of likely N-dealkylation sites (N-methyl/N-ethyl adjacent to an activating group) is 1. The summed E-state index contributed by atoms with van der Waals surface area (Å²) in [5, 5.41) is 6.15. The maximum Gasteiger partial charge on any atom is 0.244 e. The van der Waals surface area contributed by atoms with Crippen molar-refractivity contribution >= 4 is 11.8 Å². The first-order valence-electron chi connectivity index (χ1n) is 7.32. The highest BCUT2D eigenvalue weighted by Gasteiger charge is 2.27. The number of amides is 2. The molecule has 1 saturated heterocycles. The fourth-order valence-electron chi connectivity index (χ4n) is 2.42. The zero-order chi connectivity index (χ0) is 14.4. The molecule has 1 fully saturated rings. The lowest BCUT2D eigenvalue weighted by molar-refractivity contribution is -0.136. The minimum Gasteiger partial charge on any atom is -0.344 e. The molecule has 0 aromatic heterocycles. The zero-order valence-corrected chi connectivity index (χ0v) is 12.5. The Morgan fingerprint density at radius 1 is 1.32 bits per heavy atom. The second kappa shape index (κ2) is 7.48. The van der Waals surface area contributed by atoms with E-state index in [9.17, 15) is 9.59 Å². The Morgan fingerprint density at radius 2 is 1.95 bits per heavy atom. The summed E-state index contributed by atoms with van der Waals surface area (Å²) in [4.78, 5) is 25.9. The number of carbonyl (C=O) groups is 2. The molecule has 2 amide bonds. The maximum absolute atomic E-state index is 12.1. The van der Waals surface area contributed by atoms with Gasteiger partial charge in [0.15, 0.2) is 0 Å². The van der Waals surface area contributed by atoms with E-state index in [2.05, 4.69) is 17.6 Å². The van der Waals surface area contributed by atoms with Crippen molar-refractivity contribution in [2.24, 2.45) is 5.92 Å². The van der Waals surface area contributed by atoms with Crippen molar-refractivity contribution in [3.8, 4) is 0 Å². The van der Waals surface area contributed by atoms with Gasteiger partial charge in [-0.05, 0) is 40.5 Å². The van der Waals surface area contributed by atoms with Crippen molar-refractivity contribution in [1.29, 1.82) is 0 Å². The van der Waals surface area contributed by atoms with Gasteiger partial charge in [0, 0.05) is 25.7 Å². The van der Waals surface area contributed by atoms with Crippen LogP contribution in [0.5, 0.6) is 0 Å². The Bertz CT molecular complexity index is 308. The third-order valence-corrected chi connectivity index (χ3v) is 3.84. The van der Waals surface area contributed by atoms with Crippen molar-refractivity contribution in [1.82, 2.24) is 15.5 Å². The largest absolute Gasteiger partial charge is 0.344 e. The fraction of sp³-hybridized carbons (Fsp3) is 0.857. The van der Waals surface area contributed by atoms with Crippen LogP contribution in [-0.2, 0) is 9.59 Å². The topological polar surface area (TPSA) is 61.4 Å². The molecule has 0 aromatic carbocycles. The third kappa shape index (κ3) is 4.49. The first kappa shape index (κ1) is 16.0. The molecule has 1 rings (SSSR count). The minimum absolute atomic E-state index is 0.00418. The molecule has 3 unspecified atom stereocenters. The van der Waals surface area contributed by atoms with Crippen LogP contribution in [0.3, 0.4) is 0 Å². The lowest BCUT2D eigenvalue weighted by Crippen LogP contribution is -2.51. The number of hydrogen-bond acceptors (Lipinski definition) is 3. The second-order valence-corrected chi connectivity index (χ2v) is 5.32. The smallest absolute Gasteiger partial charge is 0.244 e. The van der Waals surface area contributed by atoms with Gasteiger partial charge in [-0.15, -0.1) is 0 Å². The number of nitrogens with one attached hydrogen (secondary N) is 2. The Kier molecular flexibility index (Phi) is 6.28. The van der Waals surface area contributed by atoms with Crippen molar-refractivity contribution in [2.45, 2.75) is 52.6 Å². The molecule has 3 atom stereocenters. The zero-order valence-electron chi connectivity index (χ0n) is 12.5. The SMILES string of the molecule is CCN(CC)C(=O)C(C)NC(=O)C1CCC(C)NC1. The maximum atomic E-state index is 12.1. The summed E-state index contributed by atoms with van der Waals surface area (Å²) in [7, 11) is 0. The number of rotatable bonds is 5. The van der Waals surface area contributed by atoms with E-state index < -0.39 is 6.04 Å². The number of nitrogens with zero attached hydrogens (tertiary/aromatic N) is 1. The van der Waals surface area contributed by atoms with E-state index in [0.29, 0.717) is 25.7 Å². The second-order valence-electron chi connectivity index (χ2n) is 5.32. The molecule has 110 valence electrons. The molecule has 5 heteroatoms. The van der Waals surface area contributed by atoms with E-state index in [-0.39, 0.29) is 17.7 Å². The summed E-state index contributed by atoms with van der Waals surface area (Å²) < 4.78 is 0. The highest BCUT2D eigenvalue weighted by molar-refractivity contribution is 5.88. The summed E-state index contributed by atoms with van der Waals surface area (Å²) in [6.07, 6.45) is 1.91. The van der Waals surface area contributed by atoms with Crippen LogP contribution in [0.1, 0.15) is 40.5 Å². The normalized spacial score (nSPS) is 24.6. The average molecular weight is 269 g/mol. The molecule has 0 aliphatic carbocycles. The molecule has 0 bridgehead atoms. The van der Waals surface area contributed by atoms with Gasteiger partial charge in [0.1, 0.15) is 6.04 Å². The van der Waals surface area contributed by atoms with Crippen LogP contribution in [-0.4, -0.2) is 48.4 Å². The van der Waals surface area contributed by atoms with Crippen LogP contribution in [0.25, 0.3) is 0 Å². The average Bonchev–Trinajstić information content (AvgIpc) is 2.40. The van der Waals surface area contributed by atoms with Gasteiger partial charge in [0.05, 0.1) is 5.92 Å². The van der Waals surface area contributed by atoms with Gasteiger partial charge in [-0.3, -0.25) is 9.59 Å². The van der Waals surface area contributed by atoms with Gasteiger partial charge < -0.3 is 15.5 Å². The minimum atomic E-state index is -0.438. The van der Waals surface area contributed by atoms with Gasteiger partial charge in [0.2, 0.25) is 11.8 Å². The molecule has 1 aliphatic heterocycles. The Labute approximate surface area is 116 Å².